The third kappa shape index (κ3) is 9.38. The molecule has 0 aliphatic heterocycles. The molecule has 9 nitrogen and oxygen atoms in total. The van der Waals surface area contributed by atoms with Crippen LogP contribution in [0.25, 0.3) is 0 Å². The van der Waals surface area contributed by atoms with Gasteiger partial charge in [-0.1, -0.05) is 0 Å². The highest BCUT2D eigenvalue weighted by Crippen LogP contribution is 2.05. The predicted octanol–water partition coefficient (Wildman–Crippen LogP) is -7.00. The number of nitrogens with zero attached hydrogens (tertiary/aromatic N) is 1. The van der Waals surface area contributed by atoms with Crippen LogP contribution in [0.1, 0.15) is 6.42 Å². The lowest BCUT2D eigenvalue weighted by molar-refractivity contribution is -0.890. The van der Waals surface area contributed by atoms with Gasteiger partial charge in [-0.3, -0.25) is 4.79 Å². The van der Waals surface area contributed by atoms with Gasteiger partial charge in [0.1, 0.15) is 24.9 Å². The van der Waals surface area contributed by atoms with Crippen LogP contribution in [0.3, 0.4) is 0 Å². The van der Waals surface area contributed by atoms with Crippen molar-refractivity contribution in [2.45, 2.75) is 30.8 Å². The third-order valence-electron chi connectivity index (χ3n) is 3.47. The van der Waals surface area contributed by atoms with Crippen molar-refractivity contribution >= 4 is 5.91 Å². The number of likely N-dealkylation sites (N-methyl/N-ethyl adjacent to an activating group) is 1. The van der Waals surface area contributed by atoms with E-state index in [-0.39, 0.29) is 25.6 Å². The van der Waals surface area contributed by atoms with E-state index in [4.69, 9.17) is 15.3 Å². The number of quaternary nitrogens is 1. The SMILES string of the molecule is C[N+](C)(CCO)CCCNC(=O)C(O)C(O)C(O)C(O)CO.[Cl-]. The predicted molar refractivity (Wildman–Crippen MR) is 77.7 cm³/mol. The molecule has 0 rings (SSSR count). The van der Waals surface area contributed by atoms with Crippen molar-refractivity contribution in [1.29, 1.82) is 0 Å². The normalized spacial score (nSPS) is 16.9. The zero-order valence-electron chi connectivity index (χ0n) is 13.5. The lowest BCUT2D eigenvalue weighted by atomic mass is 10.0. The molecule has 10 heteroatoms. The number of amides is 1. The minimum atomic E-state index is -1.91. The average Bonchev–Trinajstić information content (AvgIpc) is 2.48. The summed E-state index contributed by atoms with van der Waals surface area (Å²) in [6, 6.07) is 0. The number of carbonyl (C=O) groups is 1. The van der Waals surface area contributed by atoms with Crippen LogP contribution >= 0.6 is 0 Å². The number of hydrogen-bond acceptors (Lipinski definition) is 7. The Morgan fingerprint density at radius 1 is 1.04 bits per heavy atom. The lowest BCUT2D eigenvalue weighted by Crippen LogP contribution is -3.00. The molecule has 0 aliphatic carbocycles. The smallest absolute Gasteiger partial charge is 0.251 e. The summed E-state index contributed by atoms with van der Waals surface area (Å²) in [7, 11) is 3.87. The third-order valence-corrected chi connectivity index (χ3v) is 3.47. The van der Waals surface area contributed by atoms with Crippen LogP contribution in [-0.2, 0) is 4.79 Å². The molecule has 0 radical (unpaired) electrons. The molecule has 140 valence electrons. The van der Waals surface area contributed by atoms with Gasteiger partial charge in [-0.05, 0) is 0 Å². The molecule has 7 N–H and O–H groups in total. The van der Waals surface area contributed by atoms with Crippen molar-refractivity contribution in [2.75, 3.05) is 46.9 Å². The summed E-state index contributed by atoms with van der Waals surface area (Å²) in [6.07, 6.45) is -6.68. The molecule has 0 aromatic rings. The summed E-state index contributed by atoms with van der Waals surface area (Å²) in [6.45, 7) is 0.806. The van der Waals surface area contributed by atoms with Crippen LogP contribution < -0.4 is 17.7 Å². The van der Waals surface area contributed by atoms with E-state index in [1.54, 1.807) is 0 Å². The summed E-state index contributed by atoms with van der Waals surface area (Å²) < 4.78 is 0.582. The number of carbonyl (C=O) groups excluding carboxylic acids is 1. The van der Waals surface area contributed by atoms with E-state index in [0.29, 0.717) is 24.0 Å². The van der Waals surface area contributed by atoms with Crippen LogP contribution in [0.15, 0.2) is 0 Å². The van der Waals surface area contributed by atoms with Crippen molar-refractivity contribution in [3.8, 4) is 0 Å². The second kappa shape index (κ2) is 11.9. The minimum Gasteiger partial charge on any atom is -1.00 e. The van der Waals surface area contributed by atoms with Crippen molar-refractivity contribution in [1.82, 2.24) is 5.32 Å². The fourth-order valence-electron chi connectivity index (χ4n) is 1.88. The van der Waals surface area contributed by atoms with Gasteiger partial charge >= 0.3 is 0 Å². The molecule has 0 aromatic heterocycles. The van der Waals surface area contributed by atoms with Gasteiger partial charge in [-0.2, -0.15) is 0 Å². The van der Waals surface area contributed by atoms with E-state index in [9.17, 15) is 20.1 Å². The monoisotopic (exact) mass is 360 g/mol. The molecule has 0 heterocycles. The van der Waals surface area contributed by atoms with Crippen molar-refractivity contribution in [3.05, 3.63) is 0 Å². The Balaban J connectivity index is 0. The molecule has 0 saturated heterocycles. The number of rotatable bonds is 11. The van der Waals surface area contributed by atoms with Crippen LogP contribution in [0.2, 0.25) is 0 Å². The first kappa shape index (κ1) is 24.7. The Bertz CT molecular complexity index is 333. The van der Waals surface area contributed by atoms with Crippen LogP contribution in [0, 0.1) is 0 Å². The largest absolute Gasteiger partial charge is 1.00 e. The average molecular weight is 361 g/mol. The summed E-state index contributed by atoms with van der Waals surface area (Å²) >= 11 is 0. The zero-order valence-corrected chi connectivity index (χ0v) is 14.2. The first-order valence-corrected chi connectivity index (χ1v) is 7.20. The quantitative estimate of drug-likeness (QED) is 0.143. The molecule has 23 heavy (non-hydrogen) atoms. The van der Waals surface area contributed by atoms with E-state index in [0.717, 1.165) is 0 Å². The van der Waals surface area contributed by atoms with E-state index in [1.165, 1.54) is 0 Å². The number of nitrogens with one attached hydrogen (secondary N) is 1. The van der Waals surface area contributed by atoms with Crippen LogP contribution in [0.4, 0.5) is 0 Å². The van der Waals surface area contributed by atoms with Gasteiger partial charge in [0.15, 0.2) is 6.10 Å². The molecular weight excluding hydrogens is 332 g/mol. The summed E-state index contributed by atoms with van der Waals surface area (Å²) in [5, 5.41) is 57.7. The Morgan fingerprint density at radius 3 is 2.09 bits per heavy atom. The molecule has 4 atom stereocenters. The van der Waals surface area contributed by atoms with E-state index < -0.39 is 36.9 Å². The number of aliphatic hydroxyl groups is 6. The van der Waals surface area contributed by atoms with E-state index in [1.807, 2.05) is 14.1 Å². The standard InChI is InChI=1S/C13H28N2O7.ClH/c1-15(2,6-7-16)5-3-4-14-13(22)12(21)11(20)10(19)9(18)8-17;/h9-12,16-21H,3-8H2,1-2H3;1H. The van der Waals surface area contributed by atoms with Crippen molar-refractivity contribution in [2.24, 2.45) is 0 Å². The Hall–Kier alpha value is -0.520. The molecule has 0 spiro atoms. The molecule has 0 aromatic carbocycles. The highest BCUT2D eigenvalue weighted by atomic mass is 35.5. The number of halogens is 1. The van der Waals surface area contributed by atoms with Crippen LogP contribution in [0.5, 0.6) is 0 Å². The zero-order chi connectivity index (χ0) is 17.3. The fourth-order valence-corrected chi connectivity index (χ4v) is 1.88. The Kier molecular flexibility index (Phi) is 12.8. The highest BCUT2D eigenvalue weighted by Gasteiger charge is 2.33. The summed E-state index contributed by atoms with van der Waals surface area (Å²) in [5.74, 6) is -0.871. The first-order valence-electron chi connectivity index (χ1n) is 7.20. The minimum absolute atomic E-state index is 0. The van der Waals surface area contributed by atoms with Gasteiger partial charge in [0.05, 0.1) is 33.9 Å². The van der Waals surface area contributed by atoms with E-state index >= 15 is 0 Å². The number of hydrogen-bond donors (Lipinski definition) is 7. The van der Waals surface area contributed by atoms with Gasteiger partial charge in [0.2, 0.25) is 0 Å². The topological polar surface area (TPSA) is 150 Å². The second-order valence-corrected chi connectivity index (χ2v) is 5.93. The highest BCUT2D eigenvalue weighted by molar-refractivity contribution is 5.81. The number of aliphatic hydroxyl groups excluding tert-OH is 6. The van der Waals surface area contributed by atoms with Gasteiger partial charge < -0.3 is 52.8 Å². The molecule has 0 bridgehead atoms. The lowest BCUT2D eigenvalue weighted by Gasteiger charge is -2.29. The maximum Gasteiger partial charge on any atom is 0.251 e. The second-order valence-electron chi connectivity index (χ2n) is 5.93. The van der Waals surface area contributed by atoms with Crippen molar-refractivity contribution < 1.29 is 52.3 Å². The van der Waals surface area contributed by atoms with Gasteiger partial charge in [-0.15, -0.1) is 0 Å². The first-order chi connectivity index (χ1) is 10.2. The van der Waals surface area contributed by atoms with Gasteiger partial charge in [0, 0.05) is 13.0 Å². The molecule has 0 aliphatic rings. The Labute approximate surface area is 142 Å². The van der Waals surface area contributed by atoms with Gasteiger partial charge in [0.25, 0.3) is 5.91 Å². The van der Waals surface area contributed by atoms with E-state index in [2.05, 4.69) is 5.32 Å². The van der Waals surface area contributed by atoms with Crippen LogP contribution in [-0.4, -0.2) is 112 Å². The molecule has 0 saturated carbocycles. The Morgan fingerprint density at radius 2 is 1.61 bits per heavy atom. The molecular formula is C13H29ClN2O7. The molecule has 0 fully saturated rings. The summed E-state index contributed by atoms with van der Waals surface area (Å²) in [5.41, 5.74) is 0. The van der Waals surface area contributed by atoms with Gasteiger partial charge in [-0.25, -0.2) is 0 Å². The fraction of sp³-hybridized carbons (Fsp3) is 0.923. The summed E-state index contributed by atoms with van der Waals surface area (Å²) in [4.78, 5) is 11.6. The maximum atomic E-state index is 11.6. The van der Waals surface area contributed by atoms with Crippen molar-refractivity contribution in [3.63, 3.8) is 0 Å². The molecule has 1 amide bonds. The maximum absolute atomic E-state index is 11.6. The molecule has 4 unspecified atom stereocenters.